The minimum atomic E-state index is -0.895. The highest BCUT2D eigenvalue weighted by molar-refractivity contribution is 6.04. The van der Waals surface area contributed by atoms with Crippen molar-refractivity contribution in [3.63, 3.8) is 0 Å². The summed E-state index contributed by atoms with van der Waals surface area (Å²) in [5.41, 5.74) is 4.73. The Morgan fingerprint density at radius 2 is 1.67 bits per heavy atom. The highest BCUT2D eigenvalue weighted by Crippen LogP contribution is 2.37. The van der Waals surface area contributed by atoms with E-state index in [4.69, 9.17) is 5.73 Å². The Hall–Kier alpha value is -0.900. The van der Waals surface area contributed by atoms with Gasteiger partial charge >= 0.3 is 0 Å². The van der Waals surface area contributed by atoms with Crippen LogP contribution in [0.1, 0.15) is 41.0 Å². The first-order valence-corrected chi connectivity index (χ1v) is 5.21. The van der Waals surface area contributed by atoms with Crippen LogP contribution >= 0.6 is 0 Å². The third-order valence-electron chi connectivity index (χ3n) is 2.77. The SMILES string of the molecule is CC(C)(C)C1CC(=O)N(C(C)(C)N)C1=O. The van der Waals surface area contributed by atoms with Gasteiger partial charge in [-0.2, -0.15) is 0 Å². The van der Waals surface area contributed by atoms with Crippen LogP contribution in [0, 0.1) is 11.3 Å². The van der Waals surface area contributed by atoms with Gasteiger partial charge in [0.05, 0.1) is 11.6 Å². The lowest BCUT2D eigenvalue weighted by molar-refractivity contribution is -0.146. The number of carbonyl (C=O) groups excluding carboxylic acids is 2. The summed E-state index contributed by atoms with van der Waals surface area (Å²) in [5.74, 6) is -0.541. The van der Waals surface area contributed by atoms with E-state index >= 15 is 0 Å². The molecule has 1 fully saturated rings. The molecular weight excluding hydrogens is 192 g/mol. The molecule has 2 N–H and O–H groups in total. The minimum absolute atomic E-state index is 0.139. The highest BCUT2D eigenvalue weighted by Gasteiger charge is 2.48. The van der Waals surface area contributed by atoms with Crippen molar-refractivity contribution in [1.82, 2.24) is 4.90 Å². The van der Waals surface area contributed by atoms with Gasteiger partial charge in [-0.05, 0) is 19.3 Å². The third kappa shape index (κ3) is 2.20. The fraction of sp³-hybridized carbons (Fsp3) is 0.818. The molecule has 0 saturated carbocycles. The smallest absolute Gasteiger partial charge is 0.234 e. The molecule has 0 spiro atoms. The fourth-order valence-corrected chi connectivity index (χ4v) is 1.91. The van der Waals surface area contributed by atoms with Crippen molar-refractivity contribution in [3.8, 4) is 0 Å². The number of amides is 2. The quantitative estimate of drug-likeness (QED) is 0.662. The first-order chi connectivity index (χ1) is 6.55. The minimum Gasteiger partial charge on any atom is -0.309 e. The Morgan fingerprint density at radius 3 is 1.87 bits per heavy atom. The van der Waals surface area contributed by atoms with Crippen molar-refractivity contribution in [2.24, 2.45) is 17.1 Å². The molecule has 1 aliphatic rings. The summed E-state index contributed by atoms with van der Waals surface area (Å²) < 4.78 is 0. The molecule has 0 aliphatic carbocycles. The van der Waals surface area contributed by atoms with Crippen LogP contribution in [0.25, 0.3) is 0 Å². The number of nitrogens with two attached hydrogens (primary N) is 1. The van der Waals surface area contributed by atoms with Gasteiger partial charge in [0.1, 0.15) is 0 Å². The lowest BCUT2D eigenvalue weighted by Crippen LogP contribution is -2.54. The monoisotopic (exact) mass is 212 g/mol. The van der Waals surface area contributed by atoms with E-state index in [9.17, 15) is 9.59 Å². The largest absolute Gasteiger partial charge is 0.309 e. The Labute approximate surface area is 90.8 Å². The van der Waals surface area contributed by atoms with Crippen LogP contribution in [0.2, 0.25) is 0 Å². The zero-order valence-corrected chi connectivity index (χ0v) is 10.1. The molecule has 86 valence electrons. The Bertz CT molecular complexity index is 297. The lowest BCUT2D eigenvalue weighted by atomic mass is 9.80. The molecule has 0 bridgehead atoms. The molecule has 15 heavy (non-hydrogen) atoms. The van der Waals surface area contributed by atoms with Crippen molar-refractivity contribution < 1.29 is 9.59 Å². The molecule has 2 amide bonds. The maximum atomic E-state index is 12.0. The molecule has 1 heterocycles. The van der Waals surface area contributed by atoms with Gasteiger partial charge in [-0.15, -0.1) is 0 Å². The van der Waals surface area contributed by atoms with Crippen molar-refractivity contribution in [3.05, 3.63) is 0 Å². The van der Waals surface area contributed by atoms with Crippen LogP contribution < -0.4 is 5.73 Å². The van der Waals surface area contributed by atoms with Gasteiger partial charge in [-0.25, -0.2) is 0 Å². The fourth-order valence-electron chi connectivity index (χ4n) is 1.91. The van der Waals surface area contributed by atoms with Crippen LogP contribution in [-0.2, 0) is 9.59 Å². The molecule has 1 saturated heterocycles. The van der Waals surface area contributed by atoms with E-state index in [1.54, 1.807) is 13.8 Å². The average Bonchev–Trinajstić information content (AvgIpc) is 2.22. The molecule has 1 rings (SSSR count). The lowest BCUT2D eigenvalue weighted by Gasteiger charge is -2.31. The predicted octanol–water partition coefficient (Wildman–Crippen LogP) is 1.10. The van der Waals surface area contributed by atoms with Crippen molar-refractivity contribution >= 4 is 11.8 Å². The number of rotatable bonds is 1. The number of carbonyl (C=O) groups is 2. The zero-order valence-electron chi connectivity index (χ0n) is 10.1. The molecule has 0 aromatic rings. The molecule has 1 unspecified atom stereocenters. The van der Waals surface area contributed by atoms with Gasteiger partial charge in [-0.3, -0.25) is 14.5 Å². The van der Waals surface area contributed by atoms with E-state index in [0.29, 0.717) is 0 Å². The number of imide groups is 1. The third-order valence-corrected chi connectivity index (χ3v) is 2.77. The van der Waals surface area contributed by atoms with Gasteiger partial charge in [0.25, 0.3) is 0 Å². The molecular formula is C11H20N2O2. The van der Waals surface area contributed by atoms with Crippen molar-refractivity contribution in [2.75, 3.05) is 0 Å². The topological polar surface area (TPSA) is 63.4 Å². The highest BCUT2D eigenvalue weighted by atomic mass is 16.2. The van der Waals surface area contributed by atoms with Gasteiger partial charge in [0.2, 0.25) is 11.8 Å². The van der Waals surface area contributed by atoms with Crippen LogP contribution in [0.3, 0.4) is 0 Å². The number of nitrogens with zero attached hydrogens (tertiary/aromatic N) is 1. The molecule has 4 heteroatoms. The molecule has 0 aromatic carbocycles. The maximum absolute atomic E-state index is 12.0. The summed E-state index contributed by atoms with van der Waals surface area (Å²) in [7, 11) is 0. The summed E-state index contributed by atoms with van der Waals surface area (Å²) in [6, 6.07) is 0. The van der Waals surface area contributed by atoms with Gasteiger partial charge in [0.15, 0.2) is 0 Å². The van der Waals surface area contributed by atoms with Gasteiger partial charge in [0, 0.05) is 6.42 Å². The first kappa shape index (κ1) is 12.2. The average molecular weight is 212 g/mol. The van der Waals surface area contributed by atoms with E-state index in [-0.39, 0.29) is 29.6 Å². The van der Waals surface area contributed by atoms with E-state index in [2.05, 4.69) is 0 Å². The maximum Gasteiger partial charge on any atom is 0.234 e. The Morgan fingerprint density at radius 1 is 1.20 bits per heavy atom. The summed E-state index contributed by atoms with van der Waals surface area (Å²) in [6.07, 6.45) is 0.281. The number of likely N-dealkylation sites (tertiary alicyclic amines) is 1. The second-order valence-corrected chi connectivity index (χ2v) is 5.84. The van der Waals surface area contributed by atoms with Gasteiger partial charge < -0.3 is 5.73 Å². The van der Waals surface area contributed by atoms with E-state index in [1.165, 1.54) is 4.90 Å². The molecule has 1 aliphatic heterocycles. The Balaban J connectivity index is 3.00. The zero-order chi connectivity index (χ0) is 12.0. The molecule has 0 aromatic heterocycles. The van der Waals surface area contributed by atoms with E-state index < -0.39 is 5.66 Å². The Kier molecular flexibility index (Phi) is 2.68. The van der Waals surface area contributed by atoms with Crippen molar-refractivity contribution in [2.45, 2.75) is 46.7 Å². The van der Waals surface area contributed by atoms with Crippen LogP contribution in [0.4, 0.5) is 0 Å². The molecule has 0 radical (unpaired) electrons. The molecule has 4 nitrogen and oxygen atoms in total. The molecule has 1 atom stereocenters. The van der Waals surface area contributed by atoms with E-state index in [0.717, 1.165) is 0 Å². The summed E-state index contributed by atoms with van der Waals surface area (Å²) in [5, 5.41) is 0. The van der Waals surface area contributed by atoms with Crippen LogP contribution in [-0.4, -0.2) is 22.4 Å². The number of hydrogen-bond acceptors (Lipinski definition) is 3. The summed E-state index contributed by atoms with van der Waals surface area (Å²) in [6.45, 7) is 9.25. The first-order valence-electron chi connectivity index (χ1n) is 5.21. The summed E-state index contributed by atoms with van der Waals surface area (Å²) >= 11 is 0. The van der Waals surface area contributed by atoms with Crippen LogP contribution in [0.5, 0.6) is 0 Å². The predicted molar refractivity (Wildman–Crippen MR) is 57.7 cm³/mol. The van der Waals surface area contributed by atoms with Gasteiger partial charge in [-0.1, -0.05) is 20.8 Å². The van der Waals surface area contributed by atoms with E-state index in [1.807, 2.05) is 20.8 Å². The van der Waals surface area contributed by atoms with Crippen molar-refractivity contribution in [1.29, 1.82) is 0 Å². The normalized spacial score (nSPS) is 23.9. The van der Waals surface area contributed by atoms with Crippen LogP contribution in [0.15, 0.2) is 0 Å². The standard InChI is InChI=1S/C11H20N2O2/c1-10(2,3)7-6-8(14)13(9(7)15)11(4,5)12/h7H,6,12H2,1-5H3. The number of hydrogen-bond donors (Lipinski definition) is 1. The second kappa shape index (κ2) is 3.30. The summed E-state index contributed by atoms with van der Waals surface area (Å²) in [4.78, 5) is 24.9. The second-order valence-electron chi connectivity index (χ2n) is 5.84.